The number of unbranched alkanes of at least 4 members (excludes halogenated alkanes) is 5. The summed E-state index contributed by atoms with van der Waals surface area (Å²) in [5.74, 6) is 0.709. The maximum absolute atomic E-state index is 11.0. The quantitative estimate of drug-likeness (QED) is 0.460. The summed E-state index contributed by atoms with van der Waals surface area (Å²) in [7, 11) is 0. The number of hydrogen-bond acceptors (Lipinski definition) is 1. The number of fused-ring (bicyclic) bond motifs is 3. The summed E-state index contributed by atoms with van der Waals surface area (Å²) in [5.41, 5.74) is 4.89. The molecular formula is C21H29NO. The monoisotopic (exact) mass is 311 g/mol. The molecule has 0 saturated carbocycles. The number of carbonyl (C=O) groups is 1. The fourth-order valence-electron chi connectivity index (χ4n) is 4.16. The lowest BCUT2D eigenvalue weighted by molar-refractivity contribution is 0.112. The Bertz CT molecular complexity index is 655. The summed E-state index contributed by atoms with van der Waals surface area (Å²) in [4.78, 5) is 14.6. The first-order chi connectivity index (χ1) is 11.3. The van der Waals surface area contributed by atoms with E-state index in [9.17, 15) is 4.79 Å². The van der Waals surface area contributed by atoms with E-state index in [2.05, 4.69) is 18.0 Å². The minimum atomic E-state index is 0.709. The van der Waals surface area contributed by atoms with E-state index >= 15 is 0 Å². The average Bonchev–Trinajstić information content (AvgIpc) is 2.96. The minimum Gasteiger partial charge on any atom is -0.358 e. The van der Waals surface area contributed by atoms with Crippen molar-refractivity contribution in [1.82, 2.24) is 4.98 Å². The van der Waals surface area contributed by atoms with Gasteiger partial charge in [0.05, 0.1) is 0 Å². The second-order valence-corrected chi connectivity index (χ2v) is 7.09. The lowest BCUT2D eigenvalue weighted by Crippen LogP contribution is -2.08. The number of nitrogens with one attached hydrogen (secondary N) is 1. The molecule has 0 amide bonds. The number of aromatic amines is 1. The van der Waals surface area contributed by atoms with Crippen LogP contribution < -0.4 is 0 Å². The van der Waals surface area contributed by atoms with E-state index in [1.807, 2.05) is 12.1 Å². The van der Waals surface area contributed by atoms with Gasteiger partial charge in [-0.15, -0.1) is 0 Å². The summed E-state index contributed by atoms with van der Waals surface area (Å²) in [6.45, 7) is 2.27. The van der Waals surface area contributed by atoms with Crippen LogP contribution in [0.5, 0.6) is 0 Å². The molecular weight excluding hydrogens is 282 g/mol. The van der Waals surface area contributed by atoms with Crippen molar-refractivity contribution in [2.24, 2.45) is 0 Å². The van der Waals surface area contributed by atoms with Gasteiger partial charge in [-0.1, -0.05) is 57.6 Å². The molecule has 1 unspecified atom stereocenters. The predicted molar refractivity (Wildman–Crippen MR) is 97.4 cm³/mol. The van der Waals surface area contributed by atoms with Gasteiger partial charge in [-0.3, -0.25) is 4.79 Å². The fraction of sp³-hybridized carbons (Fsp3) is 0.571. The maximum Gasteiger partial charge on any atom is 0.150 e. The molecule has 0 fully saturated rings. The molecule has 2 heteroatoms. The van der Waals surface area contributed by atoms with Crippen molar-refractivity contribution in [3.8, 4) is 0 Å². The zero-order valence-corrected chi connectivity index (χ0v) is 14.4. The molecule has 0 radical (unpaired) electrons. The number of carbonyl (C=O) groups excluding carboxylic acids is 1. The maximum atomic E-state index is 11.0. The number of aldehydes is 1. The molecule has 1 heterocycles. The summed E-state index contributed by atoms with van der Waals surface area (Å²) in [6, 6.07) is 6.11. The highest BCUT2D eigenvalue weighted by molar-refractivity contribution is 5.90. The van der Waals surface area contributed by atoms with E-state index in [0.29, 0.717) is 5.92 Å². The van der Waals surface area contributed by atoms with Gasteiger partial charge in [0.1, 0.15) is 6.29 Å². The van der Waals surface area contributed by atoms with Crippen molar-refractivity contribution < 1.29 is 4.79 Å². The third-order valence-corrected chi connectivity index (χ3v) is 5.37. The predicted octanol–water partition coefficient (Wildman–Crippen LogP) is 6.15. The fourth-order valence-corrected chi connectivity index (χ4v) is 4.16. The van der Waals surface area contributed by atoms with Gasteiger partial charge in [-0.25, -0.2) is 0 Å². The van der Waals surface area contributed by atoms with Gasteiger partial charge in [0, 0.05) is 22.2 Å². The lowest BCUT2D eigenvalue weighted by atomic mass is 9.82. The SMILES string of the molecule is CCCCCCCCC1CCCc2[nH]c3cc(C=O)ccc3c21. The van der Waals surface area contributed by atoms with E-state index < -0.39 is 0 Å². The van der Waals surface area contributed by atoms with Crippen molar-refractivity contribution in [3.63, 3.8) is 0 Å². The number of H-pyrrole nitrogens is 1. The van der Waals surface area contributed by atoms with Crippen molar-refractivity contribution >= 4 is 17.2 Å². The van der Waals surface area contributed by atoms with Crippen molar-refractivity contribution in [2.45, 2.75) is 77.0 Å². The van der Waals surface area contributed by atoms with Crippen LogP contribution in [0.2, 0.25) is 0 Å². The van der Waals surface area contributed by atoms with E-state index in [1.54, 1.807) is 5.56 Å². The van der Waals surface area contributed by atoms with Crippen LogP contribution >= 0.6 is 0 Å². The molecule has 23 heavy (non-hydrogen) atoms. The summed E-state index contributed by atoms with van der Waals surface area (Å²) < 4.78 is 0. The number of hydrogen-bond donors (Lipinski definition) is 1. The molecule has 1 atom stereocenters. The largest absolute Gasteiger partial charge is 0.358 e. The Morgan fingerprint density at radius 2 is 2.00 bits per heavy atom. The molecule has 0 saturated heterocycles. The van der Waals surface area contributed by atoms with Gasteiger partial charge in [0.15, 0.2) is 0 Å². The minimum absolute atomic E-state index is 0.709. The van der Waals surface area contributed by atoms with Crippen molar-refractivity contribution in [1.29, 1.82) is 0 Å². The summed E-state index contributed by atoms with van der Waals surface area (Å²) >= 11 is 0. The number of aryl methyl sites for hydroxylation is 1. The highest BCUT2D eigenvalue weighted by atomic mass is 16.1. The van der Waals surface area contributed by atoms with Crippen LogP contribution in [-0.4, -0.2) is 11.3 Å². The molecule has 0 spiro atoms. The molecule has 2 nitrogen and oxygen atoms in total. The molecule has 2 aromatic rings. The summed E-state index contributed by atoms with van der Waals surface area (Å²) in [6.07, 6.45) is 14.3. The van der Waals surface area contributed by atoms with Crippen LogP contribution in [0.1, 0.15) is 92.2 Å². The topological polar surface area (TPSA) is 32.9 Å². The molecule has 0 aliphatic heterocycles. The Hall–Kier alpha value is -1.57. The first-order valence-corrected chi connectivity index (χ1v) is 9.43. The Morgan fingerprint density at radius 3 is 2.83 bits per heavy atom. The molecule has 1 aromatic heterocycles. The Kier molecular flexibility index (Phi) is 5.53. The van der Waals surface area contributed by atoms with E-state index in [0.717, 1.165) is 23.8 Å². The van der Waals surface area contributed by atoms with Crippen LogP contribution in [0.4, 0.5) is 0 Å². The second-order valence-electron chi connectivity index (χ2n) is 7.09. The van der Waals surface area contributed by atoms with Gasteiger partial charge in [-0.2, -0.15) is 0 Å². The van der Waals surface area contributed by atoms with E-state index in [-0.39, 0.29) is 0 Å². The number of aromatic nitrogens is 1. The average molecular weight is 311 g/mol. The molecule has 1 aliphatic rings. The van der Waals surface area contributed by atoms with Crippen LogP contribution in [0.3, 0.4) is 0 Å². The van der Waals surface area contributed by atoms with Gasteiger partial charge in [0.25, 0.3) is 0 Å². The van der Waals surface area contributed by atoms with Crippen LogP contribution in [-0.2, 0) is 6.42 Å². The van der Waals surface area contributed by atoms with Crippen molar-refractivity contribution in [3.05, 3.63) is 35.0 Å². The third-order valence-electron chi connectivity index (χ3n) is 5.37. The first-order valence-electron chi connectivity index (χ1n) is 9.43. The standard InChI is InChI=1S/C21H29NO/c1-2-3-4-5-6-7-9-17-10-8-11-19-21(17)18-13-12-16(15-23)14-20(18)22-19/h12-15,17,22H,2-11H2,1H3. The normalized spacial score (nSPS) is 17.3. The molecule has 1 N–H and O–H groups in total. The van der Waals surface area contributed by atoms with Gasteiger partial charge < -0.3 is 4.98 Å². The zero-order chi connectivity index (χ0) is 16.1. The zero-order valence-electron chi connectivity index (χ0n) is 14.4. The highest BCUT2D eigenvalue weighted by Crippen LogP contribution is 2.40. The third kappa shape index (κ3) is 3.68. The van der Waals surface area contributed by atoms with Gasteiger partial charge in [0.2, 0.25) is 0 Å². The van der Waals surface area contributed by atoms with Crippen LogP contribution in [0, 0.1) is 0 Å². The molecule has 1 aromatic carbocycles. The van der Waals surface area contributed by atoms with Gasteiger partial charge >= 0.3 is 0 Å². The van der Waals surface area contributed by atoms with Crippen molar-refractivity contribution in [2.75, 3.05) is 0 Å². The lowest BCUT2D eigenvalue weighted by Gasteiger charge is -2.23. The number of benzene rings is 1. The van der Waals surface area contributed by atoms with Gasteiger partial charge in [-0.05, 0) is 43.2 Å². The van der Waals surface area contributed by atoms with Crippen LogP contribution in [0.25, 0.3) is 10.9 Å². The molecule has 3 rings (SSSR count). The number of rotatable bonds is 8. The second kappa shape index (κ2) is 7.81. The molecule has 124 valence electrons. The van der Waals surface area contributed by atoms with Crippen LogP contribution in [0.15, 0.2) is 18.2 Å². The molecule has 0 bridgehead atoms. The highest BCUT2D eigenvalue weighted by Gasteiger charge is 2.24. The Balaban J connectivity index is 1.69. The molecule has 1 aliphatic carbocycles. The summed E-state index contributed by atoms with van der Waals surface area (Å²) in [5, 5.41) is 1.35. The Labute approximate surface area is 139 Å². The first kappa shape index (κ1) is 16.3. The van der Waals surface area contributed by atoms with E-state index in [4.69, 9.17) is 0 Å². The van der Waals surface area contributed by atoms with E-state index in [1.165, 1.54) is 68.9 Å². The smallest absolute Gasteiger partial charge is 0.150 e. The Morgan fingerprint density at radius 1 is 1.17 bits per heavy atom.